The highest BCUT2D eigenvalue weighted by Gasteiger charge is 2.49. The summed E-state index contributed by atoms with van der Waals surface area (Å²) in [7, 11) is -4.46. The first-order valence-electron chi connectivity index (χ1n) is 7.09. The van der Waals surface area contributed by atoms with E-state index in [4.69, 9.17) is 55.5 Å². The minimum atomic E-state index is -4.46. The summed E-state index contributed by atoms with van der Waals surface area (Å²) in [5, 5.41) is 21.1. The van der Waals surface area contributed by atoms with E-state index >= 15 is 0 Å². The summed E-state index contributed by atoms with van der Waals surface area (Å²) in [6.45, 7) is 1.12. The summed E-state index contributed by atoms with van der Waals surface area (Å²) in [6.07, 6.45) is 0. The molecule has 9 nitrogen and oxygen atoms in total. The second kappa shape index (κ2) is 8.31. The molecule has 0 N–H and O–H groups in total. The molecule has 0 aliphatic carbocycles. The predicted octanol–water partition coefficient (Wildman–Crippen LogP) is 6.61. The molecule has 0 bridgehead atoms. The van der Waals surface area contributed by atoms with E-state index in [1.807, 2.05) is 0 Å². The first kappa shape index (κ1) is 22.5. The molecule has 0 aliphatic rings. The number of nitrogens with zero attached hydrogens (tertiary/aromatic N) is 2. The molecule has 2 rings (SSSR count). The van der Waals surface area contributed by atoms with Crippen LogP contribution in [0.1, 0.15) is 6.92 Å². The smallest absolute Gasteiger partial charge is 0.413 e. The van der Waals surface area contributed by atoms with Crippen molar-refractivity contribution in [1.29, 1.82) is 0 Å². The summed E-state index contributed by atoms with van der Waals surface area (Å²) < 4.78 is 21.7. The van der Waals surface area contributed by atoms with Crippen molar-refractivity contribution in [2.45, 2.75) is 11.0 Å². The van der Waals surface area contributed by atoms with Crippen molar-refractivity contribution < 1.29 is 23.5 Å². The second-order valence-electron chi connectivity index (χ2n) is 5.27. The average molecular weight is 490 g/mol. The number of nitro groups is 2. The molecule has 0 saturated carbocycles. The van der Waals surface area contributed by atoms with E-state index in [9.17, 15) is 24.8 Å². The fourth-order valence-corrected chi connectivity index (χ4v) is 3.94. The Morgan fingerprint density at radius 1 is 0.893 bits per heavy atom. The van der Waals surface area contributed by atoms with Crippen LogP contribution >= 0.6 is 54.0 Å². The molecule has 0 heterocycles. The zero-order chi connectivity index (χ0) is 21.3. The maximum atomic E-state index is 13.2. The Labute approximate surface area is 177 Å². The van der Waals surface area contributed by atoms with Crippen molar-refractivity contribution in [3.8, 4) is 11.5 Å². The molecular formula is C14H9Cl4N2O7P. The minimum Gasteiger partial charge on any atom is -0.413 e. The Kier molecular flexibility index (Phi) is 6.68. The van der Waals surface area contributed by atoms with E-state index in [-0.39, 0.29) is 32.9 Å². The standard InChI is InChI=1S/C14H9Cl4N2O7P/c1-14(17,18)28(25,26-12-4-2-8(19(21)22)6-10(12)15)27-13-5-3-9(20(23)24)7-11(13)16/h2-7H,1H3. The zero-order valence-electron chi connectivity index (χ0n) is 13.7. The van der Waals surface area contributed by atoms with Gasteiger partial charge in [-0.25, -0.2) is 4.57 Å². The topological polar surface area (TPSA) is 122 Å². The van der Waals surface area contributed by atoms with Crippen LogP contribution in [0.25, 0.3) is 0 Å². The Bertz CT molecular complexity index is 927. The van der Waals surface area contributed by atoms with Crippen molar-refractivity contribution in [2.75, 3.05) is 0 Å². The molecule has 0 aliphatic heterocycles. The van der Waals surface area contributed by atoms with Crippen LogP contribution < -0.4 is 9.05 Å². The van der Waals surface area contributed by atoms with E-state index in [0.717, 1.165) is 43.3 Å². The molecular weight excluding hydrogens is 481 g/mol. The Morgan fingerprint density at radius 3 is 1.50 bits per heavy atom. The Hall–Kier alpha value is -1.77. The van der Waals surface area contributed by atoms with E-state index in [1.54, 1.807) is 0 Å². The van der Waals surface area contributed by atoms with Crippen LogP contribution in [0.15, 0.2) is 36.4 Å². The van der Waals surface area contributed by atoms with Gasteiger partial charge in [-0.2, -0.15) is 0 Å². The van der Waals surface area contributed by atoms with Gasteiger partial charge in [-0.1, -0.05) is 46.4 Å². The van der Waals surface area contributed by atoms with Gasteiger partial charge < -0.3 is 9.05 Å². The number of hydrogen-bond donors (Lipinski definition) is 0. The van der Waals surface area contributed by atoms with Gasteiger partial charge in [-0.3, -0.25) is 20.2 Å². The normalized spacial score (nSPS) is 11.8. The molecule has 0 spiro atoms. The molecule has 0 aromatic heterocycles. The third-order valence-electron chi connectivity index (χ3n) is 3.17. The number of halogens is 4. The van der Waals surface area contributed by atoms with Crippen LogP contribution in [0.4, 0.5) is 11.4 Å². The lowest BCUT2D eigenvalue weighted by molar-refractivity contribution is -0.385. The van der Waals surface area contributed by atoms with Gasteiger partial charge in [-0.05, 0) is 19.1 Å². The number of nitro benzene ring substituents is 2. The van der Waals surface area contributed by atoms with Crippen molar-refractivity contribution in [1.82, 2.24) is 0 Å². The summed E-state index contributed by atoms with van der Waals surface area (Å²) >= 11 is 23.8. The molecule has 150 valence electrons. The van der Waals surface area contributed by atoms with Gasteiger partial charge in [0.15, 0.2) is 0 Å². The van der Waals surface area contributed by atoms with Crippen LogP contribution in [0, 0.1) is 20.2 Å². The van der Waals surface area contributed by atoms with E-state index in [2.05, 4.69) is 0 Å². The molecule has 0 saturated heterocycles. The van der Waals surface area contributed by atoms with Crippen LogP contribution in [0.3, 0.4) is 0 Å². The van der Waals surface area contributed by atoms with Crippen LogP contribution in [-0.2, 0) is 4.57 Å². The van der Waals surface area contributed by atoms with E-state index in [0.29, 0.717) is 0 Å². The third kappa shape index (κ3) is 4.98. The number of alkyl halides is 2. The van der Waals surface area contributed by atoms with Crippen molar-refractivity contribution in [2.24, 2.45) is 0 Å². The second-order valence-corrected chi connectivity index (χ2v) is 10.6. The van der Waals surface area contributed by atoms with Crippen molar-refractivity contribution >= 4 is 65.4 Å². The van der Waals surface area contributed by atoms with Crippen LogP contribution in [0.5, 0.6) is 11.5 Å². The van der Waals surface area contributed by atoms with E-state index in [1.165, 1.54) is 0 Å². The fraction of sp³-hybridized carbons (Fsp3) is 0.143. The number of rotatable bonds is 7. The first-order chi connectivity index (χ1) is 12.8. The van der Waals surface area contributed by atoms with Gasteiger partial charge in [-0.15, -0.1) is 0 Å². The van der Waals surface area contributed by atoms with Crippen molar-refractivity contribution in [3.63, 3.8) is 0 Å². The third-order valence-corrected chi connectivity index (χ3v) is 6.84. The maximum absolute atomic E-state index is 13.2. The molecule has 0 unspecified atom stereocenters. The predicted molar refractivity (Wildman–Crippen MR) is 105 cm³/mol. The molecule has 0 amide bonds. The molecule has 0 fully saturated rings. The Balaban J connectivity index is 2.42. The van der Waals surface area contributed by atoms with Gasteiger partial charge in [0.05, 0.1) is 19.9 Å². The first-order valence-corrected chi connectivity index (χ1v) is 10.1. The van der Waals surface area contributed by atoms with Gasteiger partial charge in [0, 0.05) is 24.3 Å². The highest BCUT2D eigenvalue weighted by atomic mass is 35.5. The summed E-state index contributed by atoms with van der Waals surface area (Å²) in [4.78, 5) is 20.2. The highest BCUT2D eigenvalue weighted by molar-refractivity contribution is 7.60. The largest absolute Gasteiger partial charge is 0.466 e. The molecule has 14 heteroatoms. The van der Waals surface area contributed by atoms with Crippen molar-refractivity contribution in [3.05, 3.63) is 66.7 Å². The molecule has 2 aromatic carbocycles. The lowest BCUT2D eigenvalue weighted by Gasteiger charge is -2.27. The monoisotopic (exact) mass is 488 g/mol. The van der Waals surface area contributed by atoms with Crippen LogP contribution in [0.2, 0.25) is 10.0 Å². The van der Waals surface area contributed by atoms with Gasteiger partial charge in [0.2, 0.25) is 4.07 Å². The molecule has 28 heavy (non-hydrogen) atoms. The fourth-order valence-electron chi connectivity index (χ4n) is 1.79. The summed E-state index contributed by atoms with van der Waals surface area (Å²) in [5.74, 6) is -0.498. The number of hydrogen-bond acceptors (Lipinski definition) is 7. The number of non-ortho nitro benzene ring substituents is 2. The quantitative estimate of drug-likeness (QED) is 0.185. The molecule has 0 atom stereocenters. The maximum Gasteiger partial charge on any atom is 0.466 e. The lowest BCUT2D eigenvalue weighted by Crippen LogP contribution is -2.17. The van der Waals surface area contributed by atoms with Gasteiger partial charge >= 0.3 is 7.60 Å². The summed E-state index contributed by atoms with van der Waals surface area (Å²) in [6, 6.07) is 6.25. The summed E-state index contributed by atoms with van der Waals surface area (Å²) in [5.41, 5.74) is -0.656. The zero-order valence-corrected chi connectivity index (χ0v) is 17.6. The highest BCUT2D eigenvalue weighted by Crippen LogP contribution is 2.64. The Morgan fingerprint density at radius 2 is 1.25 bits per heavy atom. The molecule has 2 aromatic rings. The van der Waals surface area contributed by atoms with E-state index < -0.39 is 21.5 Å². The van der Waals surface area contributed by atoms with Crippen LogP contribution in [-0.4, -0.2) is 13.9 Å². The SMILES string of the molecule is CC(Cl)(Cl)P(=O)(Oc1ccc([N+](=O)[O-])cc1Cl)Oc1ccc([N+](=O)[O-])cc1Cl. The average Bonchev–Trinajstić information content (AvgIpc) is 2.57. The lowest BCUT2D eigenvalue weighted by atomic mass is 10.3. The van der Waals surface area contributed by atoms with Gasteiger partial charge in [0.25, 0.3) is 11.4 Å². The molecule has 0 radical (unpaired) electrons. The number of benzene rings is 2. The minimum absolute atomic E-state index is 0.245. The van der Waals surface area contributed by atoms with Gasteiger partial charge in [0.1, 0.15) is 11.5 Å².